The van der Waals surface area contributed by atoms with Crippen LogP contribution in [0.2, 0.25) is 5.02 Å². The lowest BCUT2D eigenvalue weighted by atomic mass is 10.1. The van der Waals surface area contributed by atoms with Crippen LogP contribution in [0.25, 0.3) is 6.08 Å². The number of halogens is 3. The maximum atomic E-state index is 13.6. The Bertz CT molecular complexity index is 815. The van der Waals surface area contributed by atoms with Crippen LogP contribution in [0.15, 0.2) is 36.7 Å². The summed E-state index contributed by atoms with van der Waals surface area (Å²) in [5.74, 6) is -1.44. The van der Waals surface area contributed by atoms with Crippen molar-refractivity contribution in [1.29, 1.82) is 0 Å². The van der Waals surface area contributed by atoms with E-state index in [-0.39, 0.29) is 23.6 Å². The molecule has 1 fully saturated rings. The first-order chi connectivity index (χ1) is 12.5. The van der Waals surface area contributed by atoms with Crippen molar-refractivity contribution in [2.45, 2.75) is 18.9 Å². The lowest BCUT2D eigenvalue weighted by Crippen LogP contribution is -2.43. The molecule has 1 atom stereocenters. The second kappa shape index (κ2) is 8.23. The molecular formula is C18H16ClF2N3O2. The van der Waals surface area contributed by atoms with E-state index in [1.807, 2.05) is 0 Å². The molecule has 1 aromatic heterocycles. The highest BCUT2D eigenvalue weighted by Gasteiger charge is 2.24. The molecule has 0 N–H and O–H groups in total. The molecule has 2 aromatic rings. The van der Waals surface area contributed by atoms with Gasteiger partial charge in [0, 0.05) is 18.2 Å². The molecule has 8 heteroatoms. The molecule has 2 heterocycles. The van der Waals surface area contributed by atoms with Crippen LogP contribution in [0.3, 0.4) is 0 Å². The third kappa shape index (κ3) is 4.76. The SMILES string of the molecule is O=C(/C=C/c1cc(F)ccc1F)N1CCCC(Oc2ncc(Cl)cn2)C1. The lowest BCUT2D eigenvalue weighted by molar-refractivity contribution is -0.128. The first-order valence-electron chi connectivity index (χ1n) is 8.07. The molecule has 26 heavy (non-hydrogen) atoms. The summed E-state index contributed by atoms with van der Waals surface area (Å²) >= 11 is 5.73. The fraction of sp³-hybridized carbons (Fsp3) is 0.278. The van der Waals surface area contributed by atoms with Crippen LogP contribution in [-0.2, 0) is 4.79 Å². The molecular weight excluding hydrogens is 364 g/mol. The zero-order chi connectivity index (χ0) is 18.5. The van der Waals surface area contributed by atoms with Crippen molar-refractivity contribution in [3.05, 3.63) is 58.9 Å². The normalized spacial score (nSPS) is 17.5. The molecule has 1 aromatic carbocycles. The van der Waals surface area contributed by atoms with Gasteiger partial charge in [-0.3, -0.25) is 4.79 Å². The van der Waals surface area contributed by atoms with E-state index in [9.17, 15) is 13.6 Å². The number of benzene rings is 1. The Morgan fingerprint density at radius 2 is 2.08 bits per heavy atom. The highest BCUT2D eigenvalue weighted by atomic mass is 35.5. The number of piperidine rings is 1. The average Bonchev–Trinajstić information content (AvgIpc) is 2.64. The van der Waals surface area contributed by atoms with E-state index in [0.717, 1.165) is 31.0 Å². The number of carbonyl (C=O) groups is 1. The van der Waals surface area contributed by atoms with Crippen molar-refractivity contribution in [3.63, 3.8) is 0 Å². The van der Waals surface area contributed by atoms with Crippen LogP contribution < -0.4 is 4.74 Å². The minimum absolute atomic E-state index is 0.0257. The van der Waals surface area contributed by atoms with Gasteiger partial charge in [0.15, 0.2) is 0 Å². The molecule has 3 rings (SSSR count). The van der Waals surface area contributed by atoms with Crippen molar-refractivity contribution >= 4 is 23.6 Å². The molecule has 1 aliphatic rings. The van der Waals surface area contributed by atoms with E-state index in [4.69, 9.17) is 16.3 Å². The number of hydrogen-bond acceptors (Lipinski definition) is 4. The molecule has 1 aliphatic heterocycles. The zero-order valence-corrected chi connectivity index (χ0v) is 14.5. The van der Waals surface area contributed by atoms with Crippen molar-refractivity contribution in [2.24, 2.45) is 0 Å². The van der Waals surface area contributed by atoms with Crippen LogP contribution in [-0.4, -0.2) is 40.0 Å². The zero-order valence-electron chi connectivity index (χ0n) is 13.7. The van der Waals surface area contributed by atoms with Gasteiger partial charge in [-0.25, -0.2) is 18.7 Å². The van der Waals surface area contributed by atoms with Gasteiger partial charge in [0.2, 0.25) is 5.91 Å². The summed E-state index contributed by atoms with van der Waals surface area (Å²) in [6.07, 6.45) is 6.65. The Kier molecular flexibility index (Phi) is 5.78. The second-order valence-electron chi connectivity index (χ2n) is 5.85. The maximum absolute atomic E-state index is 13.6. The van der Waals surface area contributed by atoms with Crippen LogP contribution in [0.4, 0.5) is 8.78 Å². The molecule has 0 bridgehead atoms. The summed E-state index contributed by atoms with van der Waals surface area (Å²) in [6, 6.07) is 3.29. The van der Waals surface area contributed by atoms with Gasteiger partial charge in [-0.05, 0) is 37.1 Å². The van der Waals surface area contributed by atoms with E-state index in [0.29, 0.717) is 18.1 Å². The average molecular weight is 380 g/mol. The van der Waals surface area contributed by atoms with Gasteiger partial charge in [0.25, 0.3) is 0 Å². The predicted molar refractivity (Wildman–Crippen MR) is 92.7 cm³/mol. The van der Waals surface area contributed by atoms with E-state index in [2.05, 4.69) is 9.97 Å². The third-order valence-corrected chi connectivity index (χ3v) is 4.12. The van der Waals surface area contributed by atoms with Crippen molar-refractivity contribution in [1.82, 2.24) is 14.9 Å². The molecule has 5 nitrogen and oxygen atoms in total. The van der Waals surface area contributed by atoms with E-state index >= 15 is 0 Å². The molecule has 0 radical (unpaired) electrons. The number of ether oxygens (including phenoxy) is 1. The van der Waals surface area contributed by atoms with Gasteiger partial charge in [0.1, 0.15) is 17.7 Å². The molecule has 136 valence electrons. The smallest absolute Gasteiger partial charge is 0.316 e. The van der Waals surface area contributed by atoms with Gasteiger partial charge in [-0.1, -0.05) is 11.6 Å². The summed E-state index contributed by atoms with van der Waals surface area (Å²) in [4.78, 5) is 21.9. The third-order valence-electron chi connectivity index (χ3n) is 3.92. The van der Waals surface area contributed by atoms with Crippen molar-refractivity contribution in [2.75, 3.05) is 13.1 Å². The molecule has 1 saturated heterocycles. The quantitative estimate of drug-likeness (QED) is 0.763. The number of likely N-dealkylation sites (tertiary alicyclic amines) is 1. The van der Waals surface area contributed by atoms with Gasteiger partial charge >= 0.3 is 6.01 Å². The number of carbonyl (C=O) groups excluding carboxylic acids is 1. The monoisotopic (exact) mass is 379 g/mol. The fourth-order valence-electron chi connectivity index (χ4n) is 2.65. The summed E-state index contributed by atoms with van der Waals surface area (Å²) in [6.45, 7) is 0.928. The number of aromatic nitrogens is 2. The van der Waals surface area contributed by atoms with Crippen molar-refractivity contribution in [3.8, 4) is 6.01 Å². The summed E-state index contributed by atoms with van der Waals surface area (Å²) in [7, 11) is 0. The van der Waals surface area contributed by atoms with E-state index in [1.54, 1.807) is 4.90 Å². The number of rotatable bonds is 4. The summed E-state index contributed by atoms with van der Waals surface area (Å²) in [5, 5.41) is 0.410. The Balaban J connectivity index is 1.61. The number of nitrogens with zero attached hydrogens (tertiary/aromatic N) is 3. The minimum Gasteiger partial charge on any atom is -0.458 e. The van der Waals surface area contributed by atoms with E-state index in [1.165, 1.54) is 24.5 Å². The van der Waals surface area contributed by atoms with Gasteiger partial charge < -0.3 is 9.64 Å². The first kappa shape index (κ1) is 18.3. The lowest BCUT2D eigenvalue weighted by Gasteiger charge is -2.31. The molecule has 1 amide bonds. The highest BCUT2D eigenvalue weighted by molar-refractivity contribution is 6.30. The van der Waals surface area contributed by atoms with Gasteiger partial charge in [-0.15, -0.1) is 0 Å². The fourth-order valence-corrected chi connectivity index (χ4v) is 2.75. The Hall–Kier alpha value is -2.54. The standard InChI is InChI=1S/C18H16ClF2N3O2/c19-13-9-22-18(23-10-13)26-15-2-1-7-24(11-15)17(25)6-3-12-8-14(20)4-5-16(12)21/h3-6,8-10,15H,1-2,7,11H2/b6-3+. The topological polar surface area (TPSA) is 55.3 Å². The predicted octanol–water partition coefficient (Wildman–Crippen LogP) is 3.49. The molecule has 0 aliphatic carbocycles. The molecule has 0 spiro atoms. The Labute approximate surface area is 154 Å². The van der Waals surface area contributed by atoms with Crippen LogP contribution in [0.1, 0.15) is 18.4 Å². The summed E-state index contributed by atoms with van der Waals surface area (Å²) in [5.41, 5.74) is 0.0257. The van der Waals surface area contributed by atoms with Crippen molar-refractivity contribution < 1.29 is 18.3 Å². The number of amides is 1. The molecule has 0 saturated carbocycles. The van der Waals surface area contributed by atoms with Gasteiger partial charge in [0.05, 0.1) is 24.0 Å². The maximum Gasteiger partial charge on any atom is 0.316 e. The van der Waals surface area contributed by atoms with Crippen LogP contribution in [0.5, 0.6) is 6.01 Å². The highest BCUT2D eigenvalue weighted by Crippen LogP contribution is 2.17. The van der Waals surface area contributed by atoms with E-state index < -0.39 is 11.6 Å². The van der Waals surface area contributed by atoms with Crippen LogP contribution in [0, 0.1) is 11.6 Å². The first-order valence-corrected chi connectivity index (χ1v) is 8.45. The second-order valence-corrected chi connectivity index (χ2v) is 6.29. The minimum atomic E-state index is -0.588. The van der Waals surface area contributed by atoms with Gasteiger partial charge in [-0.2, -0.15) is 0 Å². The summed E-state index contributed by atoms with van der Waals surface area (Å²) < 4.78 is 32.5. The Morgan fingerprint density at radius 1 is 1.31 bits per heavy atom. The largest absolute Gasteiger partial charge is 0.458 e. The molecule has 1 unspecified atom stereocenters. The Morgan fingerprint density at radius 3 is 2.85 bits per heavy atom. The van der Waals surface area contributed by atoms with Crippen LogP contribution >= 0.6 is 11.6 Å². The number of hydrogen-bond donors (Lipinski definition) is 0.